The van der Waals surface area contributed by atoms with Gasteiger partial charge in [-0.3, -0.25) is 14.7 Å². The number of hydrogen-bond donors (Lipinski definition) is 0. The maximum Gasteiger partial charge on any atom is 0.247 e. The molecule has 1 atom stereocenters. The van der Waals surface area contributed by atoms with Gasteiger partial charge in [-0.2, -0.15) is 4.31 Å². The third-order valence-electron chi connectivity index (χ3n) is 6.38. The molecule has 1 amide bonds. The molecular weight excluding hydrogens is 548 g/mol. The van der Waals surface area contributed by atoms with Crippen molar-refractivity contribution in [3.63, 3.8) is 0 Å². The summed E-state index contributed by atoms with van der Waals surface area (Å²) in [5, 5.41) is 0.886. The minimum Gasteiger partial charge on any atom is -0.497 e. The number of benzene rings is 2. The molecule has 0 N–H and O–H groups in total. The molecule has 198 valence electrons. The summed E-state index contributed by atoms with van der Waals surface area (Å²) in [6, 6.07) is 12.4. The van der Waals surface area contributed by atoms with E-state index in [9.17, 15) is 13.2 Å². The van der Waals surface area contributed by atoms with Crippen LogP contribution in [0.2, 0.25) is 5.02 Å². The number of hydrogen-bond acceptors (Lipinski definition) is 8. The van der Waals surface area contributed by atoms with Crippen molar-refractivity contribution in [2.75, 3.05) is 25.7 Å². The smallest absolute Gasteiger partial charge is 0.247 e. The standard InChI is InChI=1S/C26H25ClN4O5S2/c1-35-18-7-9-19(10-8-18)38(33,34)31-14-4-6-21(31)25(32)30(16-17-5-3-13-28-15-17)26-29-23-22(36-2)12-11-20(27)24(23)37-26/h3,5,7-13,15,21H,4,6,14,16H2,1-2H3. The van der Waals surface area contributed by atoms with Gasteiger partial charge in [-0.05, 0) is 60.9 Å². The van der Waals surface area contributed by atoms with Crippen molar-refractivity contribution in [1.29, 1.82) is 0 Å². The number of halogens is 1. The van der Waals surface area contributed by atoms with E-state index < -0.39 is 16.1 Å². The molecule has 4 aromatic rings. The summed E-state index contributed by atoms with van der Waals surface area (Å²) in [5.74, 6) is 0.716. The fourth-order valence-corrected chi connectivity index (χ4v) is 7.38. The summed E-state index contributed by atoms with van der Waals surface area (Å²) in [4.78, 5) is 24.6. The summed E-state index contributed by atoms with van der Waals surface area (Å²) >= 11 is 7.71. The number of aromatic nitrogens is 2. The number of nitrogens with zero attached hydrogens (tertiary/aromatic N) is 4. The largest absolute Gasteiger partial charge is 0.497 e. The molecule has 0 saturated carbocycles. The maximum absolute atomic E-state index is 14.1. The van der Waals surface area contributed by atoms with Gasteiger partial charge < -0.3 is 9.47 Å². The Kier molecular flexibility index (Phi) is 7.53. The van der Waals surface area contributed by atoms with Crippen molar-refractivity contribution >= 4 is 54.2 Å². The summed E-state index contributed by atoms with van der Waals surface area (Å²) in [6.07, 6.45) is 4.28. The van der Waals surface area contributed by atoms with Crippen LogP contribution < -0.4 is 14.4 Å². The monoisotopic (exact) mass is 572 g/mol. The molecule has 1 aliphatic heterocycles. The van der Waals surface area contributed by atoms with Crippen LogP contribution in [0.5, 0.6) is 11.5 Å². The second-order valence-electron chi connectivity index (χ2n) is 8.66. The highest BCUT2D eigenvalue weighted by atomic mass is 35.5. The molecule has 1 saturated heterocycles. The zero-order valence-corrected chi connectivity index (χ0v) is 23.1. The first-order valence-corrected chi connectivity index (χ1v) is 14.5. The highest BCUT2D eigenvalue weighted by Crippen LogP contribution is 2.40. The van der Waals surface area contributed by atoms with Gasteiger partial charge in [-0.1, -0.05) is 29.0 Å². The molecule has 3 heterocycles. The molecule has 5 rings (SSSR count). The Morgan fingerprint density at radius 2 is 1.95 bits per heavy atom. The Morgan fingerprint density at radius 1 is 1.16 bits per heavy atom. The minimum absolute atomic E-state index is 0.105. The molecule has 2 aromatic heterocycles. The van der Waals surface area contributed by atoms with E-state index in [1.807, 2.05) is 6.07 Å². The van der Waals surface area contributed by atoms with Gasteiger partial charge in [0, 0.05) is 18.9 Å². The number of carbonyl (C=O) groups excluding carboxylic acids is 1. The Balaban J connectivity index is 1.54. The molecule has 1 fully saturated rings. The lowest BCUT2D eigenvalue weighted by Gasteiger charge is -2.28. The van der Waals surface area contributed by atoms with Gasteiger partial charge in [0.15, 0.2) is 5.13 Å². The Labute approximate surface area is 229 Å². The van der Waals surface area contributed by atoms with Crippen molar-refractivity contribution in [2.45, 2.75) is 30.3 Å². The number of anilines is 1. The summed E-state index contributed by atoms with van der Waals surface area (Å²) in [5.41, 5.74) is 1.32. The van der Waals surface area contributed by atoms with Crippen LogP contribution in [0.15, 0.2) is 65.8 Å². The number of thiazole rings is 1. The van der Waals surface area contributed by atoms with Gasteiger partial charge >= 0.3 is 0 Å². The molecule has 0 spiro atoms. The van der Waals surface area contributed by atoms with Crippen LogP contribution in [-0.4, -0.2) is 55.4 Å². The maximum atomic E-state index is 14.1. The van der Waals surface area contributed by atoms with E-state index in [1.165, 1.54) is 39.8 Å². The quantitative estimate of drug-likeness (QED) is 0.300. The van der Waals surface area contributed by atoms with Gasteiger partial charge in [0.25, 0.3) is 0 Å². The number of pyridine rings is 1. The van der Waals surface area contributed by atoms with Gasteiger partial charge in [-0.25, -0.2) is 13.4 Å². The van der Waals surface area contributed by atoms with Crippen molar-refractivity contribution in [3.05, 3.63) is 71.5 Å². The van der Waals surface area contributed by atoms with Crippen LogP contribution in [0.1, 0.15) is 18.4 Å². The van der Waals surface area contributed by atoms with E-state index in [0.29, 0.717) is 44.7 Å². The van der Waals surface area contributed by atoms with Crippen LogP contribution in [-0.2, 0) is 21.4 Å². The fourth-order valence-electron chi connectivity index (χ4n) is 4.47. The van der Waals surface area contributed by atoms with Crippen LogP contribution >= 0.6 is 22.9 Å². The van der Waals surface area contributed by atoms with Crippen LogP contribution in [0.3, 0.4) is 0 Å². The van der Waals surface area contributed by atoms with Crippen molar-refractivity contribution < 1.29 is 22.7 Å². The average molecular weight is 573 g/mol. The molecule has 1 unspecified atom stereocenters. The zero-order valence-electron chi connectivity index (χ0n) is 20.7. The molecule has 0 bridgehead atoms. The van der Waals surface area contributed by atoms with Gasteiger partial charge in [-0.15, -0.1) is 0 Å². The van der Waals surface area contributed by atoms with Gasteiger partial charge in [0.05, 0.1) is 35.4 Å². The number of methoxy groups -OCH3 is 2. The molecular formula is C26H25ClN4O5S2. The highest BCUT2D eigenvalue weighted by Gasteiger charge is 2.42. The third-order valence-corrected chi connectivity index (χ3v) is 9.84. The number of rotatable bonds is 8. The first-order chi connectivity index (χ1) is 18.3. The predicted octanol–water partition coefficient (Wildman–Crippen LogP) is 4.75. The normalized spacial score (nSPS) is 16.0. The van der Waals surface area contributed by atoms with E-state index in [0.717, 1.165) is 5.56 Å². The lowest BCUT2D eigenvalue weighted by molar-refractivity contribution is -0.121. The van der Waals surface area contributed by atoms with E-state index in [4.69, 9.17) is 26.1 Å². The molecule has 12 heteroatoms. The van der Waals surface area contributed by atoms with Crippen molar-refractivity contribution in [1.82, 2.24) is 14.3 Å². The SMILES string of the molecule is COc1ccc(S(=O)(=O)N2CCCC2C(=O)N(Cc2cccnc2)c2nc3c(OC)ccc(Cl)c3s2)cc1. The summed E-state index contributed by atoms with van der Waals surface area (Å²) in [6.45, 7) is 0.407. The Morgan fingerprint density at radius 3 is 2.63 bits per heavy atom. The highest BCUT2D eigenvalue weighted by molar-refractivity contribution is 7.89. The number of ether oxygens (including phenoxy) is 2. The van der Waals surface area contributed by atoms with Crippen LogP contribution in [0, 0.1) is 0 Å². The topological polar surface area (TPSA) is 102 Å². The van der Waals surface area contributed by atoms with Crippen LogP contribution in [0.4, 0.5) is 5.13 Å². The minimum atomic E-state index is -3.93. The first kappa shape index (κ1) is 26.4. The molecule has 0 aliphatic carbocycles. The second-order valence-corrected chi connectivity index (χ2v) is 11.9. The number of sulfonamides is 1. The first-order valence-electron chi connectivity index (χ1n) is 11.8. The number of amides is 1. The van der Waals surface area contributed by atoms with Gasteiger partial charge in [0.1, 0.15) is 23.1 Å². The molecule has 1 aliphatic rings. The second kappa shape index (κ2) is 10.9. The predicted molar refractivity (Wildman–Crippen MR) is 147 cm³/mol. The van der Waals surface area contributed by atoms with Crippen molar-refractivity contribution in [3.8, 4) is 11.5 Å². The lowest BCUT2D eigenvalue weighted by atomic mass is 10.2. The Hall–Kier alpha value is -3.25. The Bertz CT molecular complexity index is 1560. The molecule has 2 aromatic carbocycles. The molecule has 0 radical (unpaired) electrons. The van der Waals surface area contributed by atoms with E-state index >= 15 is 0 Å². The zero-order chi connectivity index (χ0) is 26.9. The number of fused-ring (bicyclic) bond motifs is 1. The van der Waals surface area contributed by atoms with E-state index in [1.54, 1.807) is 49.8 Å². The number of carbonyl (C=O) groups is 1. The van der Waals surface area contributed by atoms with E-state index in [2.05, 4.69) is 4.98 Å². The van der Waals surface area contributed by atoms with Gasteiger partial charge in [0.2, 0.25) is 15.9 Å². The summed E-state index contributed by atoms with van der Waals surface area (Å²) < 4.78 is 39.8. The molecule has 38 heavy (non-hydrogen) atoms. The third kappa shape index (κ3) is 4.94. The van der Waals surface area contributed by atoms with Crippen LogP contribution in [0.25, 0.3) is 10.2 Å². The average Bonchev–Trinajstić information content (AvgIpc) is 3.61. The molecule has 9 nitrogen and oxygen atoms in total. The van der Waals surface area contributed by atoms with E-state index in [-0.39, 0.29) is 23.9 Å². The fraction of sp³-hybridized carbons (Fsp3) is 0.269. The van der Waals surface area contributed by atoms with Crippen molar-refractivity contribution in [2.24, 2.45) is 0 Å². The lowest BCUT2D eigenvalue weighted by Crippen LogP contribution is -2.47. The summed E-state index contributed by atoms with van der Waals surface area (Å²) in [7, 11) is -0.872.